The number of aromatic nitrogens is 1. The first-order chi connectivity index (χ1) is 11.8. The number of ether oxygens (including phenoxy) is 1. The number of amides is 2. The second-order valence-corrected chi connectivity index (χ2v) is 5.42. The average Bonchev–Trinajstić information content (AvgIpc) is 2.63. The van der Waals surface area contributed by atoms with E-state index in [1.807, 2.05) is 24.3 Å². The maximum absolute atomic E-state index is 12.1. The van der Waals surface area contributed by atoms with Crippen molar-refractivity contribution < 1.29 is 9.53 Å². The number of urea groups is 1. The summed E-state index contributed by atoms with van der Waals surface area (Å²) in [5, 5.41) is 8.81. The Kier molecular flexibility index (Phi) is 5.12. The van der Waals surface area contributed by atoms with Gasteiger partial charge in [-0.05, 0) is 36.4 Å². The van der Waals surface area contributed by atoms with Crippen molar-refractivity contribution in [2.24, 2.45) is 0 Å². The Bertz CT molecular complexity index is 684. The maximum Gasteiger partial charge on any atom is 0.324 e. The van der Waals surface area contributed by atoms with E-state index in [1.54, 1.807) is 18.3 Å². The van der Waals surface area contributed by atoms with Gasteiger partial charge in [0.15, 0.2) is 11.6 Å². The number of nitrogens with zero attached hydrogens (tertiary/aromatic N) is 2. The molecule has 0 saturated carbocycles. The number of nitrogens with one attached hydrogen (secondary N) is 3. The quantitative estimate of drug-likeness (QED) is 0.802. The largest absolute Gasteiger partial charge is 0.493 e. The van der Waals surface area contributed by atoms with Crippen LogP contribution in [-0.4, -0.2) is 44.3 Å². The third-order valence-corrected chi connectivity index (χ3v) is 3.83. The van der Waals surface area contributed by atoms with Crippen LogP contribution in [0.2, 0.25) is 0 Å². The molecule has 2 amide bonds. The Hall–Kier alpha value is -2.80. The number of carbonyl (C=O) groups excluding carboxylic acids is 1. The summed E-state index contributed by atoms with van der Waals surface area (Å²) in [5.41, 5.74) is 1.88. The lowest BCUT2D eigenvalue weighted by Gasteiger charge is -2.29. The minimum atomic E-state index is -0.359. The summed E-state index contributed by atoms with van der Waals surface area (Å²) < 4.78 is 5.16. The molecule has 1 aliphatic heterocycles. The highest BCUT2D eigenvalue weighted by Crippen LogP contribution is 2.21. The molecule has 1 fully saturated rings. The molecule has 0 aliphatic carbocycles. The fourth-order valence-electron chi connectivity index (χ4n) is 2.60. The number of benzene rings is 1. The molecule has 3 N–H and O–H groups in total. The molecule has 7 nitrogen and oxygen atoms in total. The zero-order valence-electron chi connectivity index (χ0n) is 13.6. The van der Waals surface area contributed by atoms with E-state index >= 15 is 0 Å². The molecular formula is C17H21N5O2. The van der Waals surface area contributed by atoms with Gasteiger partial charge in [0.05, 0.1) is 7.11 Å². The number of pyridine rings is 1. The first-order valence-corrected chi connectivity index (χ1v) is 7.89. The summed E-state index contributed by atoms with van der Waals surface area (Å²) in [4.78, 5) is 18.5. The highest BCUT2D eigenvalue weighted by atomic mass is 16.5. The van der Waals surface area contributed by atoms with Crippen molar-refractivity contribution in [2.45, 2.75) is 0 Å². The van der Waals surface area contributed by atoms with Gasteiger partial charge in [0, 0.05) is 43.8 Å². The van der Waals surface area contributed by atoms with E-state index in [4.69, 9.17) is 4.74 Å². The van der Waals surface area contributed by atoms with Crippen molar-refractivity contribution in [3.63, 3.8) is 0 Å². The Balaban J connectivity index is 1.60. The van der Waals surface area contributed by atoms with Gasteiger partial charge in [-0.3, -0.25) is 5.32 Å². The summed E-state index contributed by atoms with van der Waals surface area (Å²) in [5.74, 6) is 0.900. The predicted octanol–water partition coefficient (Wildman–Crippen LogP) is 2.14. The highest BCUT2D eigenvalue weighted by molar-refractivity contribution is 6.00. The zero-order chi connectivity index (χ0) is 16.8. The summed E-state index contributed by atoms with van der Waals surface area (Å²) in [7, 11) is 1.54. The van der Waals surface area contributed by atoms with Gasteiger partial charge in [0.25, 0.3) is 0 Å². The number of hydrogen-bond acceptors (Lipinski definition) is 5. The van der Waals surface area contributed by atoms with Crippen molar-refractivity contribution in [2.75, 3.05) is 48.8 Å². The molecule has 126 valence electrons. The summed E-state index contributed by atoms with van der Waals surface area (Å²) in [6.45, 7) is 3.97. The molecule has 0 radical (unpaired) electrons. The number of rotatable bonds is 4. The van der Waals surface area contributed by atoms with Crippen LogP contribution in [0, 0.1) is 0 Å². The van der Waals surface area contributed by atoms with E-state index in [2.05, 4.69) is 25.8 Å². The van der Waals surface area contributed by atoms with Gasteiger partial charge in [-0.1, -0.05) is 0 Å². The molecule has 3 rings (SSSR count). The van der Waals surface area contributed by atoms with Gasteiger partial charge in [0.1, 0.15) is 0 Å². The number of piperazine rings is 1. The lowest BCUT2D eigenvalue weighted by Crippen LogP contribution is -2.43. The summed E-state index contributed by atoms with van der Waals surface area (Å²) in [6, 6.07) is 11.0. The van der Waals surface area contributed by atoms with Crippen LogP contribution in [0.5, 0.6) is 5.75 Å². The first kappa shape index (κ1) is 16.1. The monoisotopic (exact) mass is 327 g/mol. The molecule has 0 spiro atoms. The van der Waals surface area contributed by atoms with E-state index in [0.717, 1.165) is 37.6 Å². The summed E-state index contributed by atoms with van der Waals surface area (Å²) in [6.07, 6.45) is 1.60. The predicted molar refractivity (Wildman–Crippen MR) is 95.0 cm³/mol. The first-order valence-electron chi connectivity index (χ1n) is 7.89. The number of carbonyl (C=O) groups is 1. The molecule has 1 aliphatic rings. The molecule has 1 saturated heterocycles. The van der Waals surface area contributed by atoms with Crippen LogP contribution in [0.15, 0.2) is 42.6 Å². The Morgan fingerprint density at radius 2 is 1.92 bits per heavy atom. The van der Waals surface area contributed by atoms with Crippen LogP contribution in [0.1, 0.15) is 0 Å². The number of anilines is 3. The Morgan fingerprint density at radius 3 is 2.62 bits per heavy atom. The molecule has 0 unspecified atom stereocenters. The van der Waals surface area contributed by atoms with E-state index in [9.17, 15) is 4.79 Å². The van der Waals surface area contributed by atoms with Gasteiger partial charge in [-0.25, -0.2) is 9.78 Å². The molecule has 2 aromatic rings. The molecule has 7 heteroatoms. The highest BCUT2D eigenvalue weighted by Gasteiger charge is 2.11. The van der Waals surface area contributed by atoms with Crippen LogP contribution in [0.25, 0.3) is 0 Å². The molecule has 1 aromatic carbocycles. The average molecular weight is 327 g/mol. The summed E-state index contributed by atoms with van der Waals surface area (Å²) >= 11 is 0. The van der Waals surface area contributed by atoms with Gasteiger partial charge < -0.3 is 20.3 Å². The molecule has 0 bridgehead atoms. The SMILES string of the molecule is COc1cccnc1NC(=O)Nc1ccc(N2CCNCC2)cc1. The van der Waals surface area contributed by atoms with Crippen LogP contribution >= 0.6 is 0 Å². The third kappa shape index (κ3) is 3.94. The lowest BCUT2D eigenvalue weighted by atomic mass is 10.2. The fraction of sp³-hybridized carbons (Fsp3) is 0.294. The smallest absolute Gasteiger partial charge is 0.324 e. The number of hydrogen-bond donors (Lipinski definition) is 3. The molecule has 24 heavy (non-hydrogen) atoms. The van der Waals surface area contributed by atoms with Crippen LogP contribution < -0.4 is 25.6 Å². The topological polar surface area (TPSA) is 78.5 Å². The standard InChI is InChI=1S/C17H21N5O2/c1-24-15-3-2-8-19-16(15)21-17(23)20-13-4-6-14(7-5-13)22-11-9-18-10-12-22/h2-8,18H,9-12H2,1H3,(H2,19,20,21,23). The Labute approximate surface area is 141 Å². The normalized spacial score (nSPS) is 14.1. The minimum Gasteiger partial charge on any atom is -0.493 e. The van der Waals surface area contributed by atoms with Crippen molar-refractivity contribution in [3.05, 3.63) is 42.6 Å². The van der Waals surface area contributed by atoms with E-state index in [-0.39, 0.29) is 6.03 Å². The second kappa shape index (κ2) is 7.65. The maximum atomic E-state index is 12.1. The van der Waals surface area contributed by atoms with Crippen LogP contribution in [-0.2, 0) is 0 Å². The molecule has 2 heterocycles. The van der Waals surface area contributed by atoms with Crippen molar-refractivity contribution in [1.29, 1.82) is 0 Å². The van der Waals surface area contributed by atoms with Crippen LogP contribution in [0.4, 0.5) is 22.0 Å². The lowest BCUT2D eigenvalue weighted by molar-refractivity contribution is 0.262. The van der Waals surface area contributed by atoms with Crippen molar-refractivity contribution in [3.8, 4) is 5.75 Å². The van der Waals surface area contributed by atoms with E-state index < -0.39 is 0 Å². The van der Waals surface area contributed by atoms with Gasteiger partial charge in [-0.2, -0.15) is 0 Å². The zero-order valence-corrected chi connectivity index (χ0v) is 13.6. The molecule has 1 aromatic heterocycles. The third-order valence-electron chi connectivity index (χ3n) is 3.83. The molecular weight excluding hydrogens is 306 g/mol. The van der Waals surface area contributed by atoms with Gasteiger partial charge in [0.2, 0.25) is 0 Å². The van der Waals surface area contributed by atoms with Crippen LogP contribution in [0.3, 0.4) is 0 Å². The molecule has 0 atom stereocenters. The van der Waals surface area contributed by atoms with Gasteiger partial charge in [-0.15, -0.1) is 0 Å². The Morgan fingerprint density at radius 1 is 1.17 bits per heavy atom. The fourth-order valence-corrected chi connectivity index (χ4v) is 2.60. The van der Waals surface area contributed by atoms with E-state index in [0.29, 0.717) is 11.6 Å². The van der Waals surface area contributed by atoms with E-state index in [1.165, 1.54) is 7.11 Å². The van der Waals surface area contributed by atoms with Crippen molar-refractivity contribution in [1.82, 2.24) is 10.3 Å². The second-order valence-electron chi connectivity index (χ2n) is 5.42. The van der Waals surface area contributed by atoms with Gasteiger partial charge >= 0.3 is 6.03 Å². The number of methoxy groups -OCH3 is 1. The minimum absolute atomic E-state index is 0.359. The van der Waals surface area contributed by atoms with Crippen molar-refractivity contribution >= 4 is 23.2 Å².